The van der Waals surface area contributed by atoms with Crippen molar-refractivity contribution in [3.05, 3.63) is 35.1 Å². The summed E-state index contributed by atoms with van der Waals surface area (Å²) in [6.45, 7) is 3.26. The Hall–Kier alpha value is -1.10. The molecule has 2 atom stereocenters. The van der Waals surface area contributed by atoms with E-state index in [9.17, 15) is 17.6 Å². The first-order chi connectivity index (χ1) is 9.86. The highest BCUT2D eigenvalue weighted by Crippen LogP contribution is 2.31. The summed E-state index contributed by atoms with van der Waals surface area (Å²) in [6, 6.07) is 2.71. The minimum absolute atomic E-state index is 0.268. The maximum atomic E-state index is 13.3. The van der Waals surface area contributed by atoms with Crippen LogP contribution in [-0.4, -0.2) is 6.54 Å². The number of benzene rings is 1. The first-order valence-electron chi connectivity index (χ1n) is 7.43. The summed E-state index contributed by atoms with van der Waals surface area (Å²) < 4.78 is 51.1. The second-order valence-electron chi connectivity index (χ2n) is 6.00. The summed E-state index contributed by atoms with van der Waals surface area (Å²) in [7, 11) is 0. The maximum Gasteiger partial charge on any atom is 0.416 e. The molecule has 0 bridgehead atoms. The van der Waals surface area contributed by atoms with Gasteiger partial charge in [0.2, 0.25) is 0 Å². The zero-order valence-electron chi connectivity index (χ0n) is 12.1. The number of rotatable bonds is 4. The Morgan fingerprint density at radius 1 is 1.14 bits per heavy atom. The Kier molecular flexibility index (Phi) is 5.25. The molecule has 21 heavy (non-hydrogen) atoms. The van der Waals surface area contributed by atoms with Gasteiger partial charge in [-0.25, -0.2) is 4.39 Å². The Labute approximate surface area is 122 Å². The molecule has 0 spiro atoms. The summed E-state index contributed by atoms with van der Waals surface area (Å²) >= 11 is 0. The largest absolute Gasteiger partial charge is 0.416 e. The lowest BCUT2D eigenvalue weighted by atomic mass is 9.80. The topological polar surface area (TPSA) is 12.0 Å². The SMILES string of the molecule is CC1CCCCC1CNCc1cc(F)cc(C(F)(F)F)c1. The molecule has 0 aliphatic heterocycles. The van der Waals surface area contributed by atoms with Crippen molar-refractivity contribution in [2.75, 3.05) is 6.54 Å². The first-order valence-corrected chi connectivity index (χ1v) is 7.43. The Balaban J connectivity index is 1.92. The van der Waals surface area contributed by atoms with E-state index in [1.807, 2.05) is 0 Å². The first kappa shape index (κ1) is 16.3. The van der Waals surface area contributed by atoms with Crippen molar-refractivity contribution in [1.29, 1.82) is 0 Å². The molecule has 1 aromatic rings. The average molecular weight is 303 g/mol. The molecule has 2 unspecified atom stereocenters. The third kappa shape index (κ3) is 4.70. The second kappa shape index (κ2) is 6.77. The number of halogens is 4. The van der Waals surface area contributed by atoms with E-state index >= 15 is 0 Å². The predicted octanol–water partition coefficient (Wildman–Crippen LogP) is 4.76. The van der Waals surface area contributed by atoms with E-state index in [0.717, 1.165) is 25.1 Å². The second-order valence-corrected chi connectivity index (χ2v) is 6.00. The van der Waals surface area contributed by atoms with Crippen LogP contribution in [0.15, 0.2) is 18.2 Å². The van der Waals surface area contributed by atoms with Crippen LogP contribution in [0.1, 0.15) is 43.7 Å². The van der Waals surface area contributed by atoms with Gasteiger partial charge in [0.1, 0.15) is 5.82 Å². The molecular formula is C16H21F4N. The smallest absolute Gasteiger partial charge is 0.312 e. The summed E-state index contributed by atoms with van der Waals surface area (Å²) in [6.07, 6.45) is 0.343. The van der Waals surface area contributed by atoms with E-state index in [0.29, 0.717) is 23.5 Å². The van der Waals surface area contributed by atoms with Crippen molar-refractivity contribution in [3.8, 4) is 0 Å². The Bertz CT molecular complexity index is 470. The highest BCUT2D eigenvalue weighted by Gasteiger charge is 2.31. The van der Waals surface area contributed by atoms with Gasteiger partial charge in [-0.05, 0) is 48.6 Å². The van der Waals surface area contributed by atoms with Gasteiger partial charge >= 0.3 is 6.18 Å². The summed E-state index contributed by atoms with van der Waals surface area (Å²) in [5.41, 5.74) is -0.587. The molecule has 1 N–H and O–H groups in total. The highest BCUT2D eigenvalue weighted by molar-refractivity contribution is 5.26. The van der Waals surface area contributed by atoms with E-state index in [-0.39, 0.29) is 6.54 Å². The fraction of sp³-hybridized carbons (Fsp3) is 0.625. The van der Waals surface area contributed by atoms with Crippen LogP contribution < -0.4 is 5.32 Å². The van der Waals surface area contributed by atoms with Crippen molar-refractivity contribution in [2.24, 2.45) is 11.8 Å². The van der Waals surface area contributed by atoms with E-state index in [2.05, 4.69) is 12.2 Å². The molecule has 1 aliphatic carbocycles. The predicted molar refractivity (Wildman–Crippen MR) is 74.2 cm³/mol. The highest BCUT2D eigenvalue weighted by atomic mass is 19.4. The summed E-state index contributed by atoms with van der Waals surface area (Å²) in [5, 5.41) is 3.17. The standard InChI is InChI=1S/C16H21F4N/c1-11-4-2-3-5-13(11)10-21-9-12-6-14(16(18,19)20)8-15(17)7-12/h6-8,11,13,21H,2-5,9-10H2,1H3. The van der Waals surface area contributed by atoms with Gasteiger partial charge < -0.3 is 5.32 Å². The molecule has 1 aromatic carbocycles. The molecule has 118 valence electrons. The van der Waals surface area contributed by atoms with Gasteiger partial charge in [0.15, 0.2) is 0 Å². The van der Waals surface area contributed by atoms with Crippen LogP contribution in [0.3, 0.4) is 0 Å². The van der Waals surface area contributed by atoms with Crippen LogP contribution in [0.25, 0.3) is 0 Å². The van der Waals surface area contributed by atoms with Crippen molar-refractivity contribution in [3.63, 3.8) is 0 Å². The molecule has 0 amide bonds. The lowest BCUT2D eigenvalue weighted by molar-refractivity contribution is -0.137. The summed E-state index contributed by atoms with van der Waals surface area (Å²) in [5.74, 6) is 0.367. The molecule has 1 fully saturated rings. The van der Waals surface area contributed by atoms with E-state index in [1.165, 1.54) is 19.3 Å². The minimum atomic E-state index is -4.51. The van der Waals surface area contributed by atoms with Gasteiger partial charge in [0.25, 0.3) is 0 Å². The summed E-state index contributed by atoms with van der Waals surface area (Å²) in [4.78, 5) is 0. The normalized spacial score (nSPS) is 23.3. The lowest BCUT2D eigenvalue weighted by Crippen LogP contribution is -2.29. The quantitative estimate of drug-likeness (QED) is 0.791. The number of hydrogen-bond donors (Lipinski definition) is 1. The van der Waals surface area contributed by atoms with Gasteiger partial charge in [0.05, 0.1) is 5.56 Å². The third-order valence-corrected chi connectivity index (χ3v) is 4.31. The van der Waals surface area contributed by atoms with Crippen LogP contribution in [0, 0.1) is 17.7 Å². The van der Waals surface area contributed by atoms with E-state index in [1.54, 1.807) is 0 Å². The van der Waals surface area contributed by atoms with Crippen LogP contribution in [0.4, 0.5) is 17.6 Å². The number of alkyl halides is 3. The number of nitrogens with one attached hydrogen (secondary N) is 1. The maximum absolute atomic E-state index is 13.3. The monoisotopic (exact) mass is 303 g/mol. The molecule has 0 saturated heterocycles. The van der Waals surface area contributed by atoms with Crippen molar-refractivity contribution in [2.45, 2.75) is 45.3 Å². The average Bonchev–Trinajstić information content (AvgIpc) is 2.39. The molecule has 1 saturated carbocycles. The zero-order chi connectivity index (χ0) is 15.5. The molecule has 0 heterocycles. The van der Waals surface area contributed by atoms with Crippen LogP contribution in [0.2, 0.25) is 0 Å². The van der Waals surface area contributed by atoms with Crippen LogP contribution in [-0.2, 0) is 12.7 Å². The van der Waals surface area contributed by atoms with Crippen molar-refractivity contribution in [1.82, 2.24) is 5.32 Å². The molecule has 0 radical (unpaired) electrons. The molecule has 1 nitrogen and oxygen atoms in total. The number of hydrogen-bond acceptors (Lipinski definition) is 1. The van der Waals surface area contributed by atoms with Gasteiger partial charge in [-0.15, -0.1) is 0 Å². The molecule has 2 rings (SSSR count). The fourth-order valence-corrected chi connectivity index (χ4v) is 3.01. The Morgan fingerprint density at radius 3 is 2.52 bits per heavy atom. The van der Waals surface area contributed by atoms with Gasteiger partial charge in [0, 0.05) is 6.54 Å². The minimum Gasteiger partial charge on any atom is -0.312 e. The molecule has 1 aliphatic rings. The van der Waals surface area contributed by atoms with Crippen molar-refractivity contribution < 1.29 is 17.6 Å². The van der Waals surface area contributed by atoms with E-state index in [4.69, 9.17) is 0 Å². The molecular weight excluding hydrogens is 282 g/mol. The van der Waals surface area contributed by atoms with Gasteiger partial charge in [-0.1, -0.05) is 26.2 Å². The van der Waals surface area contributed by atoms with Crippen LogP contribution >= 0.6 is 0 Å². The molecule has 5 heteroatoms. The van der Waals surface area contributed by atoms with Crippen molar-refractivity contribution >= 4 is 0 Å². The molecule has 0 aromatic heterocycles. The Morgan fingerprint density at radius 2 is 1.86 bits per heavy atom. The van der Waals surface area contributed by atoms with E-state index < -0.39 is 17.6 Å². The fourth-order valence-electron chi connectivity index (χ4n) is 3.01. The lowest BCUT2D eigenvalue weighted by Gasteiger charge is -2.29. The van der Waals surface area contributed by atoms with Gasteiger partial charge in [-0.2, -0.15) is 13.2 Å². The zero-order valence-corrected chi connectivity index (χ0v) is 12.1. The van der Waals surface area contributed by atoms with Gasteiger partial charge in [-0.3, -0.25) is 0 Å². The third-order valence-electron chi connectivity index (χ3n) is 4.31. The van der Waals surface area contributed by atoms with Crippen LogP contribution in [0.5, 0.6) is 0 Å².